The van der Waals surface area contributed by atoms with E-state index in [4.69, 9.17) is 4.74 Å². The number of aliphatic hydroxyl groups is 2. The first kappa shape index (κ1) is 25.9. The second-order valence-electron chi connectivity index (χ2n) is 15.2. The maximum absolute atomic E-state index is 12.9. The first-order valence-corrected chi connectivity index (χ1v) is 14.3. The van der Waals surface area contributed by atoms with Crippen LogP contribution in [0.25, 0.3) is 0 Å². The molecule has 0 unspecified atom stereocenters. The molecule has 0 radical (unpaired) electrons. The quantitative estimate of drug-likeness (QED) is 0.373. The molecule has 0 aromatic rings. The predicted octanol–water partition coefficient (Wildman–Crippen LogP) is 6.09. The minimum atomic E-state index is -1.26. The van der Waals surface area contributed by atoms with E-state index in [0.29, 0.717) is 29.5 Å². The molecule has 5 rings (SSSR count). The summed E-state index contributed by atoms with van der Waals surface area (Å²) in [6.45, 7) is 19.4. The van der Waals surface area contributed by atoms with Gasteiger partial charge in [-0.15, -0.1) is 0 Å². The van der Waals surface area contributed by atoms with Gasteiger partial charge in [0.2, 0.25) is 0 Å². The Morgan fingerprint density at radius 1 is 1.03 bits per heavy atom. The van der Waals surface area contributed by atoms with Crippen LogP contribution in [-0.2, 0) is 9.53 Å². The zero-order valence-electron chi connectivity index (χ0n) is 23.7. The molecule has 0 aromatic heterocycles. The normalized spacial score (nSPS) is 49.3. The number of hydrogen-bond donors (Lipinski definition) is 2. The van der Waals surface area contributed by atoms with Crippen molar-refractivity contribution in [1.82, 2.24) is 0 Å². The number of hydrogen-bond acceptors (Lipinski definition) is 4. The van der Waals surface area contributed by atoms with Crippen LogP contribution in [0, 0.1) is 45.3 Å². The number of carbonyl (C=O) groups is 1. The summed E-state index contributed by atoms with van der Waals surface area (Å²) in [5.41, 5.74) is -0.390. The van der Waals surface area contributed by atoms with Gasteiger partial charge < -0.3 is 14.9 Å². The van der Waals surface area contributed by atoms with Crippen molar-refractivity contribution < 1.29 is 19.7 Å². The third-order valence-electron chi connectivity index (χ3n) is 13.1. The molecule has 0 bridgehead atoms. The summed E-state index contributed by atoms with van der Waals surface area (Å²) in [7, 11) is 0. The molecule has 1 aliphatic heterocycles. The largest absolute Gasteiger partial charge is 0.387 e. The molecule has 4 nitrogen and oxygen atoms in total. The number of ether oxygens (including phenoxy) is 1. The smallest absolute Gasteiger partial charge is 0.138 e. The van der Waals surface area contributed by atoms with E-state index >= 15 is 0 Å². The van der Waals surface area contributed by atoms with E-state index in [1.54, 1.807) is 26.3 Å². The Hall–Kier alpha value is -0.710. The lowest BCUT2D eigenvalue weighted by Crippen LogP contribution is -2.57. The maximum Gasteiger partial charge on any atom is 0.138 e. The Morgan fingerprint density at radius 3 is 2.31 bits per heavy atom. The fourth-order valence-corrected chi connectivity index (χ4v) is 9.95. The molecule has 35 heavy (non-hydrogen) atoms. The first-order valence-electron chi connectivity index (χ1n) is 14.3. The summed E-state index contributed by atoms with van der Waals surface area (Å²) < 4.78 is 6.11. The molecule has 0 aromatic carbocycles. The van der Waals surface area contributed by atoms with Crippen LogP contribution in [0.3, 0.4) is 0 Å². The van der Waals surface area contributed by atoms with Gasteiger partial charge in [-0.3, -0.25) is 4.79 Å². The molecule has 0 amide bonds. The summed E-state index contributed by atoms with van der Waals surface area (Å²) >= 11 is 0. The first-order chi connectivity index (χ1) is 15.9. The summed E-state index contributed by atoms with van der Waals surface area (Å²) in [4.78, 5) is 12.9. The van der Waals surface area contributed by atoms with Crippen LogP contribution in [0.4, 0.5) is 0 Å². The molecule has 3 saturated carbocycles. The molecular formula is C31H50O4. The minimum absolute atomic E-state index is 0.00529. The van der Waals surface area contributed by atoms with E-state index in [0.717, 1.165) is 19.3 Å². The van der Waals surface area contributed by atoms with Crippen molar-refractivity contribution in [3.05, 3.63) is 11.6 Å². The molecule has 4 fully saturated rings. The molecule has 2 N–H and O–H groups in total. The molecular weight excluding hydrogens is 436 g/mol. The highest BCUT2D eigenvalue weighted by Crippen LogP contribution is 2.73. The number of ketones is 1. The number of allylic oxidation sites excluding steroid dienone is 2. The number of fused-ring (bicyclic) bond motifs is 5. The Bertz CT molecular complexity index is 940. The van der Waals surface area contributed by atoms with Gasteiger partial charge in [-0.1, -0.05) is 53.2 Å². The molecule has 1 heterocycles. The average Bonchev–Trinajstić information content (AvgIpc) is 3.50. The van der Waals surface area contributed by atoms with Crippen molar-refractivity contribution in [2.45, 2.75) is 131 Å². The van der Waals surface area contributed by atoms with Crippen LogP contribution < -0.4 is 0 Å². The lowest BCUT2D eigenvalue weighted by atomic mass is 9.41. The Morgan fingerprint density at radius 2 is 1.69 bits per heavy atom. The van der Waals surface area contributed by atoms with E-state index < -0.39 is 11.2 Å². The summed E-state index contributed by atoms with van der Waals surface area (Å²) in [6.07, 6.45) is 9.93. The number of carbonyl (C=O) groups excluding carboxylic acids is 1. The van der Waals surface area contributed by atoms with Crippen molar-refractivity contribution in [2.24, 2.45) is 45.3 Å². The summed E-state index contributed by atoms with van der Waals surface area (Å²) in [5, 5.41) is 21.6. The second kappa shape index (κ2) is 7.44. The SMILES string of the molecule is C[C@@H]([C@@H]1O[C@H]1[C@@](C)(O)C(C)(C)O)[C@@H]1CC[C@]2(C)C3=CC[C@H]4C(C)(C)C(=O)CC[C@]4(C)[C@H]3CC[C@@]12C. The summed E-state index contributed by atoms with van der Waals surface area (Å²) in [5.74, 6) is 2.37. The fourth-order valence-electron chi connectivity index (χ4n) is 9.95. The van der Waals surface area contributed by atoms with Crippen LogP contribution in [-0.4, -0.2) is 39.4 Å². The van der Waals surface area contributed by atoms with Crippen molar-refractivity contribution in [3.8, 4) is 0 Å². The Balaban J connectivity index is 1.42. The minimum Gasteiger partial charge on any atom is -0.387 e. The lowest BCUT2D eigenvalue weighted by molar-refractivity contribution is -0.146. The van der Waals surface area contributed by atoms with E-state index in [9.17, 15) is 15.0 Å². The monoisotopic (exact) mass is 486 g/mol. The van der Waals surface area contributed by atoms with Gasteiger partial charge in [0.05, 0.1) is 11.7 Å². The molecule has 4 aliphatic carbocycles. The number of Topliss-reactive ketones (excluding diaryl/α,β-unsaturated/α-hetero) is 1. The van der Waals surface area contributed by atoms with Gasteiger partial charge in [0.25, 0.3) is 0 Å². The highest BCUT2D eigenvalue weighted by molar-refractivity contribution is 5.85. The predicted molar refractivity (Wildman–Crippen MR) is 139 cm³/mol. The number of epoxide rings is 1. The molecule has 1 saturated heterocycles. The molecule has 5 aliphatic rings. The topological polar surface area (TPSA) is 70.1 Å². The van der Waals surface area contributed by atoms with Crippen LogP contribution in [0.1, 0.15) is 107 Å². The van der Waals surface area contributed by atoms with Gasteiger partial charge in [-0.25, -0.2) is 0 Å². The molecule has 10 atom stereocenters. The van der Waals surface area contributed by atoms with E-state index in [2.05, 4.69) is 47.6 Å². The van der Waals surface area contributed by atoms with Crippen molar-refractivity contribution in [3.63, 3.8) is 0 Å². The van der Waals surface area contributed by atoms with Crippen LogP contribution >= 0.6 is 0 Å². The zero-order valence-corrected chi connectivity index (χ0v) is 23.7. The van der Waals surface area contributed by atoms with Crippen LogP contribution in [0.2, 0.25) is 0 Å². The zero-order chi connectivity index (χ0) is 26.0. The van der Waals surface area contributed by atoms with E-state index in [1.807, 2.05) is 0 Å². The van der Waals surface area contributed by atoms with Crippen LogP contribution in [0.15, 0.2) is 11.6 Å². The van der Waals surface area contributed by atoms with Gasteiger partial charge in [0, 0.05) is 11.8 Å². The Kier molecular flexibility index (Phi) is 5.51. The fraction of sp³-hybridized carbons (Fsp3) is 0.903. The van der Waals surface area contributed by atoms with Gasteiger partial charge in [0.1, 0.15) is 17.5 Å². The van der Waals surface area contributed by atoms with E-state index in [1.165, 1.54) is 25.7 Å². The maximum atomic E-state index is 12.9. The highest BCUT2D eigenvalue weighted by atomic mass is 16.6. The third-order valence-corrected chi connectivity index (χ3v) is 13.1. The van der Waals surface area contributed by atoms with Crippen molar-refractivity contribution >= 4 is 5.78 Å². The summed E-state index contributed by atoms with van der Waals surface area (Å²) in [6, 6.07) is 0. The van der Waals surface area contributed by atoms with Crippen molar-refractivity contribution in [1.29, 1.82) is 0 Å². The Labute approximate surface area is 213 Å². The van der Waals surface area contributed by atoms with E-state index in [-0.39, 0.29) is 33.9 Å². The standard InChI is InChI=1S/C31H50O4/c1-18(24-25(35-24)31(9,34)27(4,5)33)19-12-16-30(8)21-10-11-22-26(2,3)23(32)14-15-28(22,6)20(21)13-17-29(19,30)7/h10,18-20,22,24-25,33-34H,11-17H2,1-9H3/t18-,19+,20+,22+,24+,25-,28-,29+,30-,31-/m1/s1. The molecule has 198 valence electrons. The van der Waals surface area contributed by atoms with Gasteiger partial charge in [-0.05, 0) is 99.2 Å². The van der Waals surface area contributed by atoms with Gasteiger partial charge in [-0.2, -0.15) is 0 Å². The lowest BCUT2D eigenvalue weighted by Gasteiger charge is -2.63. The van der Waals surface area contributed by atoms with Crippen LogP contribution in [0.5, 0.6) is 0 Å². The second-order valence-corrected chi connectivity index (χ2v) is 15.2. The number of rotatable bonds is 4. The molecule has 0 spiro atoms. The average molecular weight is 487 g/mol. The highest BCUT2D eigenvalue weighted by Gasteiger charge is 2.68. The van der Waals surface area contributed by atoms with Crippen molar-refractivity contribution in [2.75, 3.05) is 0 Å². The third kappa shape index (κ3) is 3.24. The molecule has 4 heteroatoms. The van der Waals surface area contributed by atoms with Gasteiger partial charge in [0.15, 0.2) is 0 Å². The van der Waals surface area contributed by atoms with Gasteiger partial charge >= 0.3 is 0 Å².